The third-order valence-electron chi connectivity index (χ3n) is 3.85. The molecule has 25 heavy (non-hydrogen) atoms. The third kappa shape index (κ3) is 6.35. The van der Waals surface area contributed by atoms with E-state index in [-0.39, 0.29) is 11.8 Å². The number of hydrogen-bond acceptors (Lipinski definition) is 2. The van der Waals surface area contributed by atoms with Crippen molar-refractivity contribution < 1.29 is 9.59 Å². The Labute approximate surface area is 157 Å². The van der Waals surface area contributed by atoms with Crippen molar-refractivity contribution in [3.05, 3.63) is 64.1 Å². The molecule has 0 aliphatic rings. The van der Waals surface area contributed by atoms with Crippen LogP contribution >= 0.6 is 15.9 Å². The highest BCUT2D eigenvalue weighted by Crippen LogP contribution is 2.14. The molecule has 0 unspecified atom stereocenters. The van der Waals surface area contributed by atoms with Crippen LogP contribution in [0, 0.1) is 0 Å². The van der Waals surface area contributed by atoms with Gasteiger partial charge < -0.3 is 10.2 Å². The number of anilines is 1. The second-order valence-electron chi connectivity index (χ2n) is 6.16. The smallest absolute Gasteiger partial charge is 0.253 e. The molecule has 1 N–H and O–H groups in total. The van der Waals surface area contributed by atoms with Crippen molar-refractivity contribution in [1.29, 1.82) is 0 Å². The van der Waals surface area contributed by atoms with Crippen LogP contribution in [0.2, 0.25) is 0 Å². The summed E-state index contributed by atoms with van der Waals surface area (Å²) in [7, 11) is 3.43. The van der Waals surface area contributed by atoms with Gasteiger partial charge in [0.1, 0.15) is 0 Å². The second-order valence-corrected chi connectivity index (χ2v) is 7.07. The van der Waals surface area contributed by atoms with Crippen LogP contribution in [0.3, 0.4) is 0 Å². The predicted octanol–water partition coefficient (Wildman–Crippen LogP) is 4.50. The van der Waals surface area contributed by atoms with Gasteiger partial charge in [-0.25, -0.2) is 0 Å². The van der Waals surface area contributed by atoms with Crippen LogP contribution < -0.4 is 5.32 Å². The van der Waals surface area contributed by atoms with E-state index in [1.54, 1.807) is 38.4 Å². The molecule has 5 heteroatoms. The van der Waals surface area contributed by atoms with E-state index in [2.05, 4.69) is 33.4 Å². The number of aryl methyl sites for hydroxylation is 1. The number of rotatable bonds is 7. The molecule has 2 aromatic carbocycles. The van der Waals surface area contributed by atoms with Crippen molar-refractivity contribution in [2.75, 3.05) is 19.4 Å². The summed E-state index contributed by atoms with van der Waals surface area (Å²) in [5.41, 5.74) is 2.61. The van der Waals surface area contributed by atoms with Gasteiger partial charge in [-0.2, -0.15) is 0 Å². The zero-order chi connectivity index (χ0) is 18.2. The highest BCUT2D eigenvalue weighted by Gasteiger charge is 2.08. The average molecular weight is 403 g/mol. The van der Waals surface area contributed by atoms with Crippen LogP contribution in [0.4, 0.5) is 5.69 Å². The van der Waals surface area contributed by atoms with Crippen LogP contribution in [-0.4, -0.2) is 30.8 Å². The third-order valence-corrected chi connectivity index (χ3v) is 4.38. The van der Waals surface area contributed by atoms with E-state index in [4.69, 9.17) is 0 Å². The van der Waals surface area contributed by atoms with E-state index in [0.717, 1.165) is 23.7 Å². The van der Waals surface area contributed by atoms with Gasteiger partial charge in [-0.3, -0.25) is 9.59 Å². The zero-order valence-corrected chi connectivity index (χ0v) is 16.2. The molecule has 0 saturated heterocycles. The topological polar surface area (TPSA) is 49.4 Å². The molecule has 0 atom stereocenters. The van der Waals surface area contributed by atoms with Crippen molar-refractivity contribution in [2.45, 2.75) is 25.7 Å². The van der Waals surface area contributed by atoms with E-state index in [1.807, 2.05) is 12.1 Å². The number of nitrogens with one attached hydrogen (secondary N) is 1. The summed E-state index contributed by atoms with van der Waals surface area (Å²) in [5.74, 6) is -0.0479. The Hall–Kier alpha value is -2.14. The van der Waals surface area contributed by atoms with Gasteiger partial charge in [-0.05, 0) is 61.2 Å². The largest absolute Gasteiger partial charge is 0.345 e. The Morgan fingerprint density at radius 3 is 2.20 bits per heavy atom. The van der Waals surface area contributed by atoms with Crippen LogP contribution in [0.15, 0.2) is 53.0 Å². The number of unbranched alkanes of at least 4 members (excludes halogenated alkanes) is 1. The SMILES string of the molecule is CN(C)C(=O)c1ccc(NC(=O)CCCCc2ccc(Br)cc2)cc1. The fraction of sp³-hybridized carbons (Fsp3) is 0.300. The molecule has 2 aromatic rings. The standard InChI is InChI=1S/C20H23BrN2O2/c1-23(2)20(25)16-9-13-18(14-10-16)22-19(24)6-4-3-5-15-7-11-17(21)12-8-15/h7-14H,3-6H2,1-2H3,(H,22,24). The molecule has 0 aliphatic carbocycles. The van der Waals surface area contributed by atoms with Crippen molar-refractivity contribution in [1.82, 2.24) is 4.90 Å². The summed E-state index contributed by atoms with van der Waals surface area (Å²) in [6.07, 6.45) is 3.29. The fourth-order valence-electron chi connectivity index (χ4n) is 2.44. The minimum atomic E-state index is -0.0502. The predicted molar refractivity (Wildman–Crippen MR) is 105 cm³/mol. The Kier molecular flexibility index (Phi) is 7.19. The number of nitrogens with zero attached hydrogens (tertiary/aromatic N) is 1. The molecular weight excluding hydrogens is 380 g/mol. The average Bonchev–Trinajstić information content (AvgIpc) is 2.60. The number of halogens is 1. The monoisotopic (exact) mass is 402 g/mol. The molecule has 0 saturated carbocycles. The molecule has 0 aromatic heterocycles. The summed E-state index contributed by atoms with van der Waals surface area (Å²) in [6, 6.07) is 15.2. The molecule has 2 amide bonds. The normalized spacial score (nSPS) is 10.4. The lowest BCUT2D eigenvalue weighted by Gasteiger charge is -2.11. The Balaban J connectivity index is 1.73. The molecule has 0 aliphatic heterocycles. The van der Waals surface area contributed by atoms with Crippen LogP contribution in [0.1, 0.15) is 35.2 Å². The maximum Gasteiger partial charge on any atom is 0.253 e. The van der Waals surface area contributed by atoms with Gasteiger partial charge >= 0.3 is 0 Å². The molecular formula is C20H23BrN2O2. The first-order chi connectivity index (χ1) is 12.0. The lowest BCUT2D eigenvalue weighted by atomic mass is 10.1. The van der Waals surface area contributed by atoms with Crippen LogP contribution in [0.5, 0.6) is 0 Å². The van der Waals surface area contributed by atoms with Crippen molar-refractivity contribution in [2.24, 2.45) is 0 Å². The zero-order valence-electron chi connectivity index (χ0n) is 14.6. The lowest BCUT2D eigenvalue weighted by molar-refractivity contribution is -0.116. The Bertz CT molecular complexity index is 709. The molecule has 0 bridgehead atoms. The molecule has 0 fully saturated rings. The minimum Gasteiger partial charge on any atom is -0.345 e. The summed E-state index contributed by atoms with van der Waals surface area (Å²) in [5, 5.41) is 2.87. The van der Waals surface area contributed by atoms with E-state index in [0.29, 0.717) is 17.7 Å². The van der Waals surface area contributed by atoms with Gasteiger partial charge in [0.25, 0.3) is 5.91 Å². The van der Waals surface area contributed by atoms with E-state index in [1.165, 1.54) is 10.5 Å². The highest BCUT2D eigenvalue weighted by atomic mass is 79.9. The highest BCUT2D eigenvalue weighted by molar-refractivity contribution is 9.10. The fourth-order valence-corrected chi connectivity index (χ4v) is 2.71. The van der Waals surface area contributed by atoms with Crippen LogP contribution in [0.25, 0.3) is 0 Å². The van der Waals surface area contributed by atoms with Gasteiger partial charge in [0, 0.05) is 36.2 Å². The molecule has 0 heterocycles. The lowest BCUT2D eigenvalue weighted by Crippen LogP contribution is -2.21. The van der Waals surface area contributed by atoms with Gasteiger partial charge in [0.2, 0.25) is 5.91 Å². The number of amides is 2. The summed E-state index contributed by atoms with van der Waals surface area (Å²) >= 11 is 3.42. The van der Waals surface area contributed by atoms with Gasteiger partial charge in [-0.15, -0.1) is 0 Å². The number of carbonyl (C=O) groups excluding carboxylic acids is 2. The van der Waals surface area contributed by atoms with E-state index in [9.17, 15) is 9.59 Å². The maximum absolute atomic E-state index is 12.0. The number of hydrogen-bond donors (Lipinski definition) is 1. The molecule has 0 radical (unpaired) electrons. The first-order valence-corrected chi connectivity index (χ1v) is 9.11. The summed E-state index contributed by atoms with van der Waals surface area (Å²) in [4.78, 5) is 25.4. The van der Waals surface area contributed by atoms with Gasteiger partial charge in [0.15, 0.2) is 0 Å². The molecule has 0 spiro atoms. The maximum atomic E-state index is 12.0. The van der Waals surface area contributed by atoms with E-state index >= 15 is 0 Å². The summed E-state index contributed by atoms with van der Waals surface area (Å²) in [6.45, 7) is 0. The molecule has 4 nitrogen and oxygen atoms in total. The molecule has 2 rings (SSSR count). The summed E-state index contributed by atoms with van der Waals surface area (Å²) < 4.78 is 1.08. The number of carbonyl (C=O) groups is 2. The van der Waals surface area contributed by atoms with Crippen molar-refractivity contribution in [3.63, 3.8) is 0 Å². The van der Waals surface area contributed by atoms with Gasteiger partial charge in [-0.1, -0.05) is 28.1 Å². The van der Waals surface area contributed by atoms with Crippen LogP contribution in [-0.2, 0) is 11.2 Å². The Morgan fingerprint density at radius 2 is 1.60 bits per heavy atom. The Morgan fingerprint density at radius 1 is 0.960 bits per heavy atom. The first kappa shape index (κ1) is 19.2. The second kappa shape index (κ2) is 9.37. The minimum absolute atomic E-state index is 0.00231. The van der Waals surface area contributed by atoms with Crippen molar-refractivity contribution in [3.8, 4) is 0 Å². The molecule has 132 valence electrons. The van der Waals surface area contributed by atoms with Crippen molar-refractivity contribution >= 4 is 33.4 Å². The van der Waals surface area contributed by atoms with Gasteiger partial charge in [0.05, 0.1) is 0 Å². The number of benzene rings is 2. The van der Waals surface area contributed by atoms with E-state index < -0.39 is 0 Å². The quantitative estimate of drug-likeness (QED) is 0.692. The first-order valence-electron chi connectivity index (χ1n) is 8.32.